The van der Waals surface area contributed by atoms with Crippen molar-refractivity contribution in [2.75, 3.05) is 11.9 Å². The average Bonchev–Trinajstić information content (AvgIpc) is 2.45. The van der Waals surface area contributed by atoms with Gasteiger partial charge in [0.2, 0.25) is 0 Å². The molecule has 110 valence electrons. The SMILES string of the molecule is Cc1ccc(O)c(NC(=O)NCCc2ccc(Cl)cc2)c1. The lowest BCUT2D eigenvalue weighted by Gasteiger charge is -2.09. The van der Waals surface area contributed by atoms with Gasteiger partial charge in [0.25, 0.3) is 0 Å². The first kappa shape index (κ1) is 15.2. The fourth-order valence-corrected chi connectivity index (χ4v) is 2.01. The summed E-state index contributed by atoms with van der Waals surface area (Å²) in [5, 5.41) is 15.7. The Morgan fingerprint density at radius 3 is 2.62 bits per heavy atom. The van der Waals surface area contributed by atoms with Crippen molar-refractivity contribution >= 4 is 23.3 Å². The third kappa shape index (κ3) is 4.68. The Balaban J connectivity index is 1.82. The highest BCUT2D eigenvalue weighted by Gasteiger charge is 2.05. The monoisotopic (exact) mass is 304 g/mol. The van der Waals surface area contributed by atoms with E-state index in [0.717, 1.165) is 11.1 Å². The molecule has 0 saturated heterocycles. The van der Waals surface area contributed by atoms with Crippen LogP contribution in [0.1, 0.15) is 11.1 Å². The van der Waals surface area contributed by atoms with E-state index in [9.17, 15) is 9.90 Å². The molecular weight excluding hydrogens is 288 g/mol. The van der Waals surface area contributed by atoms with Crippen molar-refractivity contribution in [1.82, 2.24) is 5.32 Å². The summed E-state index contributed by atoms with van der Waals surface area (Å²) in [6.45, 7) is 2.39. The number of phenolic OH excluding ortho intramolecular Hbond substituents is 1. The number of carbonyl (C=O) groups is 1. The molecule has 2 aromatic carbocycles. The molecule has 0 atom stereocenters. The summed E-state index contributed by atoms with van der Waals surface area (Å²) in [7, 11) is 0. The van der Waals surface area contributed by atoms with Gasteiger partial charge in [0, 0.05) is 11.6 Å². The highest BCUT2D eigenvalue weighted by atomic mass is 35.5. The van der Waals surface area contributed by atoms with Crippen molar-refractivity contribution in [2.45, 2.75) is 13.3 Å². The number of aromatic hydroxyl groups is 1. The molecule has 2 aromatic rings. The largest absolute Gasteiger partial charge is 0.506 e. The van der Waals surface area contributed by atoms with Gasteiger partial charge in [-0.15, -0.1) is 0 Å². The zero-order chi connectivity index (χ0) is 15.2. The second-order valence-electron chi connectivity index (χ2n) is 4.78. The molecule has 0 heterocycles. The molecule has 0 saturated carbocycles. The molecule has 5 heteroatoms. The zero-order valence-corrected chi connectivity index (χ0v) is 12.4. The van der Waals surface area contributed by atoms with Crippen LogP contribution < -0.4 is 10.6 Å². The zero-order valence-electron chi connectivity index (χ0n) is 11.7. The molecule has 0 aliphatic carbocycles. The summed E-state index contributed by atoms with van der Waals surface area (Å²) in [6.07, 6.45) is 0.713. The van der Waals surface area contributed by atoms with E-state index in [0.29, 0.717) is 23.7 Å². The number of carbonyl (C=O) groups excluding carboxylic acids is 1. The second kappa shape index (κ2) is 6.99. The van der Waals surface area contributed by atoms with Crippen LogP contribution in [0.3, 0.4) is 0 Å². The van der Waals surface area contributed by atoms with E-state index in [1.54, 1.807) is 18.2 Å². The van der Waals surface area contributed by atoms with Crippen molar-refractivity contribution in [3.63, 3.8) is 0 Å². The van der Waals surface area contributed by atoms with Crippen LogP contribution in [0.4, 0.5) is 10.5 Å². The smallest absolute Gasteiger partial charge is 0.319 e. The summed E-state index contributed by atoms with van der Waals surface area (Å²) in [5.41, 5.74) is 2.46. The number of hydrogen-bond acceptors (Lipinski definition) is 2. The number of nitrogens with one attached hydrogen (secondary N) is 2. The van der Waals surface area contributed by atoms with Gasteiger partial charge in [0.05, 0.1) is 5.69 Å². The minimum atomic E-state index is -0.343. The van der Waals surface area contributed by atoms with Crippen LogP contribution >= 0.6 is 11.6 Å². The molecular formula is C16H17ClN2O2. The molecule has 4 nitrogen and oxygen atoms in total. The van der Waals surface area contributed by atoms with Gasteiger partial charge < -0.3 is 15.7 Å². The van der Waals surface area contributed by atoms with Gasteiger partial charge in [-0.2, -0.15) is 0 Å². The number of amides is 2. The Hall–Kier alpha value is -2.20. The maximum atomic E-state index is 11.8. The molecule has 0 radical (unpaired) electrons. The molecule has 2 rings (SSSR count). The van der Waals surface area contributed by atoms with Crippen molar-refractivity contribution < 1.29 is 9.90 Å². The van der Waals surface area contributed by atoms with E-state index in [4.69, 9.17) is 11.6 Å². The van der Waals surface area contributed by atoms with Crippen LogP contribution in [0.25, 0.3) is 0 Å². The Labute approximate surface area is 128 Å². The van der Waals surface area contributed by atoms with Crippen molar-refractivity contribution in [1.29, 1.82) is 0 Å². The van der Waals surface area contributed by atoms with E-state index in [1.807, 2.05) is 31.2 Å². The summed E-state index contributed by atoms with van der Waals surface area (Å²) >= 11 is 5.81. The summed E-state index contributed by atoms with van der Waals surface area (Å²) < 4.78 is 0. The number of halogens is 1. The number of anilines is 1. The fourth-order valence-electron chi connectivity index (χ4n) is 1.89. The quantitative estimate of drug-likeness (QED) is 0.754. The lowest BCUT2D eigenvalue weighted by Crippen LogP contribution is -2.30. The first-order chi connectivity index (χ1) is 10.0. The molecule has 0 bridgehead atoms. The lowest BCUT2D eigenvalue weighted by molar-refractivity contribution is 0.252. The van der Waals surface area contributed by atoms with Crippen LogP contribution in [0.15, 0.2) is 42.5 Å². The Morgan fingerprint density at radius 2 is 1.90 bits per heavy atom. The van der Waals surface area contributed by atoms with E-state index in [1.165, 1.54) is 0 Å². The number of phenols is 1. The Morgan fingerprint density at radius 1 is 1.19 bits per heavy atom. The third-order valence-electron chi connectivity index (χ3n) is 3.01. The topological polar surface area (TPSA) is 61.4 Å². The number of urea groups is 1. The highest BCUT2D eigenvalue weighted by molar-refractivity contribution is 6.30. The predicted octanol–water partition coefficient (Wildman–Crippen LogP) is 3.72. The van der Waals surface area contributed by atoms with Crippen LogP contribution in [0.2, 0.25) is 5.02 Å². The summed E-state index contributed by atoms with van der Waals surface area (Å²) in [6, 6.07) is 12.2. The van der Waals surface area contributed by atoms with Gasteiger partial charge in [-0.05, 0) is 48.7 Å². The van der Waals surface area contributed by atoms with Crippen LogP contribution in [0.5, 0.6) is 5.75 Å². The predicted molar refractivity (Wildman–Crippen MR) is 85.0 cm³/mol. The maximum Gasteiger partial charge on any atom is 0.319 e. The minimum absolute atomic E-state index is 0.0495. The van der Waals surface area contributed by atoms with Gasteiger partial charge in [-0.25, -0.2) is 4.79 Å². The first-order valence-electron chi connectivity index (χ1n) is 6.63. The van der Waals surface area contributed by atoms with E-state index < -0.39 is 0 Å². The molecule has 0 unspecified atom stereocenters. The average molecular weight is 305 g/mol. The number of rotatable bonds is 4. The van der Waals surface area contributed by atoms with Crippen LogP contribution in [-0.2, 0) is 6.42 Å². The van der Waals surface area contributed by atoms with E-state index in [-0.39, 0.29) is 11.8 Å². The van der Waals surface area contributed by atoms with Crippen LogP contribution in [-0.4, -0.2) is 17.7 Å². The van der Waals surface area contributed by atoms with Gasteiger partial charge >= 0.3 is 6.03 Å². The molecule has 0 aliphatic rings. The molecule has 3 N–H and O–H groups in total. The molecule has 0 aromatic heterocycles. The maximum absolute atomic E-state index is 11.8. The van der Waals surface area contributed by atoms with E-state index >= 15 is 0 Å². The van der Waals surface area contributed by atoms with Crippen molar-refractivity contribution in [2.24, 2.45) is 0 Å². The molecule has 2 amide bonds. The third-order valence-corrected chi connectivity index (χ3v) is 3.26. The van der Waals surface area contributed by atoms with E-state index in [2.05, 4.69) is 10.6 Å². The van der Waals surface area contributed by atoms with Gasteiger partial charge in [-0.3, -0.25) is 0 Å². The Bertz CT molecular complexity index is 627. The number of aryl methyl sites for hydroxylation is 1. The number of hydrogen-bond donors (Lipinski definition) is 3. The number of benzene rings is 2. The molecule has 0 aliphatic heterocycles. The van der Waals surface area contributed by atoms with Crippen LogP contribution in [0, 0.1) is 6.92 Å². The molecule has 21 heavy (non-hydrogen) atoms. The van der Waals surface area contributed by atoms with Gasteiger partial charge in [0.15, 0.2) is 0 Å². The standard InChI is InChI=1S/C16H17ClN2O2/c1-11-2-7-15(20)14(10-11)19-16(21)18-9-8-12-3-5-13(17)6-4-12/h2-7,10,20H,8-9H2,1H3,(H2,18,19,21). The lowest BCUT2D eigenvalue weighted by atomic mass is 10.1. The van der Waals surface area contributed by atoms with Crippen molar-refractivity contribution in [3.8, 4) is 5.75 Å². The first-order valence-corrected chi connectivity index (χ1v) is 7.01. The summed E-state index contributed by atoms with van der Waals surface area (Å²) in [4.78, 5) is 11.8. The van der Waals surface area contributed by atoms with Gasteiger partial charge in [-0.1, -0.05) is 29.8 Å². The Kier molecular flexibility index (Phi) is 5.06. The molecule has 0 spiro atoms. The van der Waals surface area contributed by atoms with Crippen molar-refractivity contribution in [3.05, 3.63) is 58.6 Å². The normalized spacial score (nSPS) is 10.2. The molecule has 0 fully saturated rings. The van der Waals surface area contributed by atoms with Gasteiger partial charge in [0.1, 0.15) is 5.75 Å². The summed E-state index contributed by atoms with van der Waals surface area (Å²) in [5.74, 6) is 0.0495. The fraction of sp³-hybridized carbons (Fsp3) is 0.188. The second-order valence-corrected chi connectivity index (χ2v) is 5.21. The highest BCUT2D eigenvalue weighted by Crippen LogP contribution is 2.23. The minimum Gasteiger partial charge on any atom is -0.506 e.